The Balaban J connectivity index is 2.62. The van der Waals surface area contributed by atoms with Gasteiger partial charge in [0, 0.05) is 13.1 Å². The Bertz CT molecular complexity index is 385. The quantitative estimate of drug-likeness (QED) is 0.712. The van der Waals surface area contributed by atoms with E-state index in [4.69, 9.17) is 11.6 Å². The van der Waals surface area contributed by atoms with E-state index in [-0.39, 0.29) is 12.5 Å². The lowest BCUT2D eigenvalue weighted by atomic mass is 10.5. The molecule has 6 nitrogen and oxygen atoms in total. The SMILES string of the molecule is CCNC(=O)CNc1nc(NCC)ncc1Cl. The summed E-state index contributed by atoms with van der Waals surface area (Å²) in [4.78, 5) is 19.4. The number of nitrogens with one attached hydrogen (secondary N) is 3. The molecule has 17 heavy (non-hydrogen) atoms. The molecule has 0 saturated carbocycles. The Hall–Kier alpha value is -1.56. The average molecular weight is 258 g/mol. The van der Waals surface area contributed by atoms with Crippen molar-refractivity contribution in [1.82, 2.24) is 15.3 Å². The van der Waals surface area contributed by atoms with Crippen LogP contribution in [0.2, 0.25) is 5.02 Å². The van der Waals surface area contributed by atoms with Gasteiger partial charge in [-0.05, 0) is 13.8 Å². The first-order chi connectivity index (χ1) is 8.17. The van der Waals surface area contributed by atoms with Gasteiger partial charge in [-0.1, -0.05) is 11.6 Å². The van der Waals surface area contributed by atoms with E-state index >= 15 is 0 Å². The maximum atomic E-state index is 11.3. The largest absolute Gasteiger partial charge is 0.360 e. The summed E-state index contributed by atoms with van der Waals surface area (Å²) in [5.74, 6) is 0.825. The zero-order valence-corrected chi connectivity index (χ0v) is 10.6. The summed E-state index contributed by atoms with van der Waals surface area (Å²) in [6.45, 7) is 5.26. The number of hydrogen-bond donors (Lipinski definition) is 3. The van der Waals surface area contributed by atoms with E-state index < -0.39 is 0 Å². The molecule has 0 unspecified atom stereocenters. The van der Waals surface area contributed by atoms with Crippen LogP contribution in [0, 0.1) is 0 Å². The third-order valence-electron chi connectivity index (χ3n) is 1.87. The van der Waals surface area contributed by atoms with Crippen LogP contribution >= 0.6 is 11.6 Å². The lowest BCUT2D eigenvalue weighted by molar-refractivity contribution is -0.119. The van der Waals surface area contributed by atoms with Gasteiger partial charge in [0.1, 0.15) is 5.02 Å². The molecule has 1 rings (SSSR count). The van der Waals surface area contributed by atoms with E-state index in [1.54, 1.807) is 0 Å². The number of rotatable bonds is 6. The van der Waals surface area contributed by atoms with Crippen molar-refractivity contribution in [3.63, 3.8) is 0 Å². The molecule has 1 amide bonds. The Morgan fingerprint density at radius 2 is 2.12 bits per heavy atom. The monoisotopic (exact) mass is 257 g/mol. The summed E-state index contributed by atoms with van der Waals surface area (Å²) in [6.07, 6.45) is 1.49. The van der Waals surface area contributed by atoms with Crippen LogP contribution in [-0.4, -0.2) is 35.5 Å². The molecule has 0 aliphatic rings. The predicted molar refractivity (Wildman–Crippen MR) is 68.4 cm³/mol. The topological polar surface area (TPSA) is 78.9 Å². The molecule has 0 fully saturated rings. The lowest BCUT2D eigenvalue weighted by Gasteiger charge is -2.08. The van der Waals surface area contributed by atoms with Gasteiger partial charge in [-0.3, -0.25) is 4.79 Å². The molecular formula is C10H16ClN5O. The second kappa shape index (κ2) is 6.90. The summed E-state index contributed by atoms with van der Waals surface area (Å²) in [5, 5.41) is 8.88. The molecule has 0 atom stereocenters. The van der Waals surface area contributed by atoms with Crippen LogP contribution in [0.25, 0.3) is 0 Å². The van der Waals surface area contributed by atoms with Crippen LogP contribution in [0.5, 0.6) is 0 Å². The van der Waals surface area contributed by atoms with Crippen LogP contribution in [0.1, 0.15) is 13.8 Å². The highest BCUT2D eigenvalue weighted by molar-refractivity contribution is 6.32. The summed E-state index contributed by atoms with van der Waals surface area (Å²) in [5.41, 5.74) is 0. The highest BCUT2D eigenvalue weighted by Crippen LogP contribution is 2.18. The highest BCUT2D eigenvalue weighted by atomic mass is 35.5. The maximum absolute atomic E-state index is 11.3. The van der Waals surface area contributed by atoms with Gasteiger partial charge in [0.15, 0.2) is 5.82 Å². The van der Waals surface area contributed by atoms with E-state index in [0.717, 1.165) is 6.54 Å². The number of amides is 1. The second-order valence-corrected chi connectivity index (χ2v) is 3.63. The van der Waals surface area contributed by atoms with Crippen molar-refractivity contribution < 1.29 is 4.79 Å². The van der Waals surface area contributed by atoms with E-state index in [1.165, 1.54) is 6.20 Å². The first kappa shape index (κ1) is 13.5. The van der Waals surface area contributed by atoms with Crippen LogP contribution in [0.3, 0.4) is 0 Å². The van der Waals surface area contributed by atoms with Crippen LogP contribution in [0.15, 0.2) is 6.20 Å². The first-order valence-electron chi connectivity index (χ1n) is 5.44. The Morgan fingerprint density at radius 3 is 2.76 bits per heavy atom. The number of nitrogens with zero attached hydrogens (tertiary/aromatic N) is 2. The molecule has 0 saturated heterocycles. The molecule has 7 heteroatoms. The Labute approximate surface area is 105 Å². The van der Waals surface area contributed by atoms with Gasteiger partial charge in [-0.25, -0.2) is 4.98 Å². The molecule has 3 N–H and O–H groups in total. The molecule has 0 spiro atoms. The van der Waals surface area contributed by atoms with Gasteiger partial charge >= 0.3 is 0 Å². The van der Waals surface area contributed by atoms with Gasteiger partial charge in [-0.15, -0.1) is 0 Å². The minimum Gasteiger partial charge on any atom is -0.360 e. The lowest BCUT2D eigenvalue weighted by Crippen LogP contribution is -2.29. The number of anilines is 2. The Kier molecular flexibility index (Phi) is 5.48. The predicted octanol–water partition coefficient (Wildman–Crippen LogP) is 1.11. The Morgan fingerprint density at radius 1 is 1.35 bits per heavy atom. The molecule has 1 aromatic rings. The smallest absolute Gasteiger partial charge is 0.239 e. The normalized spacial score (nSPS) is 9.82. The minimum atomic E-state index is -0.104. The van der Waals surface area contributed by atoms with Crippen molar-refractivity contribution in [2.24, 2.45) is 0 Å². The number of carbonyl (C=O) groups excluding carboxylic acids is 1. The van der Waals surface area contributed by atoms with Gasteiger partial charge in [0.25, 0.3) is 0 Å². The second-order valence-electron chi connectivity index (χ2n) is 3.23. The van der Waals surface area contributed by atoms with Crippen molar-refractivity contribution in [2.75, 3.05) is 30.3 Å². The van der Waals surface area contributed by atoms with E-state index in [0.29, 0.717) is 23.3 Å². The maximum Gasteiger partial charge on any atom is 0.239 e. The van der Waals surface area contributed by atoms with Gasteiger partial charge < -0.3 is 16.0 Å². The molecule has 0 aromatic carbocycles. The van der Waals surface area contributed by atoms with Crippen molar-refractivity contribution in [1.29, 1.82) is 0 Å². The molecule has 1 aromatic heterocycles. The number of aromatic nitrogens is 2. The zero-order chi connectivity index (χ0) is 12.7. The fraction of sp³-hybridized carbons (Fsp3) is 0.500. The molecule has 0 radical (unpaired) electrons. The van der Waals surface area contributed by atoms with E-state index in [9.17, 15) is 4.79 Å². The minimum absolute atomic E-state index is 0.104. The summed E-state index contributed by atoms with van der Waals surface area (Å²) < 4.78 is 0. The first-order valence-corrected chi connectivity index (χ1v) is 5.82. The summed E-state index contributed by atoms with van der Waals surface area (Å²) >= 11 is 5.91. The van der Waals surface area contributed by atoms with Gasteiger partial charge in [-0.2, -0.15) is 4.98 Å². The highest BCUT2D eigenvalue weighted by Gasteiger charge is 2.06. The molecule has 0 aliphatic carbocycles. The fourth-order valence-electron chi connectivity index (χ4n) is 1.16. The van der Waals surface area contributed by atoms with Crippen molar-refractivity contribution in [3.05, 3.63) is 11.2 Å². The molecule has 94 valence electrons. The third kappa shape index (κ3) is 4.44. The third-order valence-corrected chi connectivity index (χ3v) is 2.15. The van der Waals surface area contributed by atoms with Crippen LogP contribution in [0.4, 0.5) is 11.8 Å². The van der Waals surface area contributed by atoms with Crippen molar-refractivity contribution >= 4 is 29.3 Å². The van der Waals surface area contributed by atoms with Gasteiger partial charge in [0.2, 0.25) is 11.9 Å². The van der Waals surface area contributed by atoms with E-state index in [2.05, 4.69) is 25.9 Å². The standard InChI is InChI=1S/C10H16ClN5O/c1-3-12-8(17)6-14-9-7(11)5-15-10(16-9)13-4-2/h5H,3-4,6H2,1-2H3,(H,12,17)(H2,13,14,15,16). The van der Waals surface area contributed by atoms with Crippen LogP contribution < -0.4 is 16.0 Å². The van der Waals surface area contributed by atoms with Crippen LogP contribution in [-0.2, 0) is 4.79 Å². The fourth-order valence-corrected chi connectivity index (χ4v) is 1.32. The van der Waals surface area contributed by atoms with Gasteiger partial charge in [0.05, 0.1) is 12.7 Å². The molecule has 0 bridgehead atoms. The number of carbonyl (C=O) groups is 1. The van der Waals surface area contributed by atoms with Crippen molar-refractivity contribution in [3.8, 4) is 0 Å². The number of halogens is 1. The summed E-state index contributed by atoms with van der Waals surface area (Å²) in [7, 11) is 0. The average Bonchev–Trinajstić information content (AvgIpc) is 2.30. The van der Waals surface area contributed by atoms with Crippen molar-refractivity contribution in [2.45, 2.75) is 13.8 Å². The molecule has 1 heterocycles. The summed E-state index contributed by atoms with van der Waals surface area (Å²) in [6, 6.07) is 0. The number of likely N-dealkylation sites (N-methyl/N-ethyl adjacent to an activating group) is 1. The zero-order valence-electron chi connectivity index (χ0n) is 9.88. The molecular weight excluding hydrogens is 242 g/mol. The number of hydrogen-bond acceptors (Lipinski definition) is 5. The van der Waals surface area contributed by atoms with E-state index in [1.807, 2.05) is 13.8 Å². The molecule has 0 aliphatic heterocycles.